The van der Waals surface area contributed by atoms with Crippen LogP contribution in [0.2, 0.25) is 0 Å². The van der Waals surface area contributed by atoms with Crippen molar-refractivity contribution in [1.82, 2.24) is 16.0 Å². The van der Waals surface area contributed by atoms with Gasteiger partial charge in [-0.25, -0.2) is 0 Å². The molecule has 120 valence electrons. The lowest BCUT2D eigenvalue weighted by Crippen LogP contribution is -2.43. The molecule has 0 spiro atoms. The smallest absolute Gasteiger partial charge is 0.247 e. The van der Waals surface area contributed by atoms with Gasteiger partial charge in [-0.3, -0.25) is 14.4 Å². The molecular formula is C16H23N3O3. The van der Waals surface area contributed by atoms with Crippen molar-refractivity contribution in [2.75, 3.05) is 6.54 Å². The van der Waals surface area contributed by atoms with Crippen molar-refractivity contribution in [3.05, 3.63) is 35.9 Å². The Bertz CT molecular complexity index is 515. The summed E-state index contributed by atoms with van der Waals surface area (Å²) in [5, 5.41) is 8.06. The lowest BCUT2D eigenvalue weighted by Gasteiger charge is -2.20. The summed E-state index contributed by atoms with van der Waals surface area (Å²) in [5.41, 5.74) is 0.716. The minimum atomic E-state index is -0.742. The van der Waals surface area contributed by atoms with Crippen LogP contribution < -0.4 is 16.0 Å². The Balaban J connectivity index is 2.72. The molecule has 0 saturated carbocycles. The fraction of sp³-hybridized carbons (Fsp3) is 0.438. The molecule has 6 heteroatoms. The molecule has 0 heterocycles. The van der Waals surface area contributed by atoms with Crippen molar-refractivity contribution in [2.45, 2.75) is 39.3 Å². The van der Waals surface area contributed by atoms with Gasteiger partial charge in [0.2, 0.25) is 17.7 Å². The number of hydrogen-bond acceptors (Lipinski definition) is 3. The second kappa shape index (κ2) is 8.81. The van der Waals surface area contributed by atoms with Crippen LogP contribution in [0.5, 0.6) is 0 Å². The van der Waals surface area contributed by atoms with Crippen LogP contribution in [0.3, 0.4) is 0 Å². The molecule has 3 amide bonds. The largest absolute Gasteiger partial charge is 0.356 e. The normalized spacial score (nSPS) is 11.6. The molecule has 0 radical (unpaired) electrons. The maximum Gasteiger partial charge on any atom is 0.247 e. The monoisotopic (exact) mass is 305 g/mol. The van der Waals surface area contributed by atoms with Gasteiger partial charge in [-0.15, -0.1) is 0 Å². The number of nitrogens with one attached hydrogen (secondary N) is 3. The van der Waals surface area contributed by atoms with Crippen molar-refractivity contribution in [2.24, 2.45) is 0 Å². The van der Waals surface area contributed by atoms with E-state index < -0.39 is 6.04 Å². The van der Waals surface area contributed by atoms with E-state index in [0.717, 1.165) is 0 Å². The van der Waals surface area contributed by atoms with Crippen molar-refractivity contribution in [3.63, 3.8) is 0 Å². The third-order valence-corrected chi connectivity index (χ3v) is 2.86. The molecule has 0 aromatic heterocycles. The second-order valence-corrected chi connectivity index (χ2v) is 5.31. The molecule has 0 unspecified atom stereocenters. The van der Waals surface area contributed by atoms with Crippen LogP contribution >= 0.6 is 0 Å². The summed E-state index contributed by atoms with van der Waals surface area (Å²) in [7, 11) is 0. The zero-order valence-corrected chi connectivity index (χ0v) is 13.2. The minimum absolute atomic E-state index is 0.0185. The number of hydrogen-bond donors (Lipinski definition) is 3. The molecule has 22 heavy (non-hydrogen) atoms. The van der Waals surface area contributed by atoms with E-state index in [2.05, 4.69) is 16.0 Å². The van der Waals surface area contributed by atoms with Crippen molar-refractivity contribution in [1.29, 1.82) is 0 Å². The summed E-state index contributed by atoms with van der Waals surface area (Å²) in [6.07, 6.45) is 0.123. The van der Waals surface area contributed by atoms with Crippen molar-refractivity contribution >= 4 is 17.7 Å². The number of amides is 3. The van der Waals surface area contributed by atoms with Gasteiger partial charge in [-0.2, -0.15) is 0 Å². The molecule has 3 N–H and O–H groups in total. The Kier molecular flexibility index (Phi) is 7.08. The number of benzene rings is 1. The first-order chi connectivity index (χ1) is 10.4. The summed E-state index contributed by atoms with van der Waals surface area (Å²) in [5.74, 6) is -0.736. The van der Waals surface area contributed by atoms with Gasteiger partial charge >= 0.3 is 0 Å². The minimum Gasteiger partial charge on any atom is -0.356 e. The molecule has 0 saturated heterocycles. The van der Waals surface area contributed by atoms with Crippen LogP contribution in [0.4, 0.5) is 0 Å². The van der Waals surface area contributed by atoms with E-state index in [4.69, 9.17) is 0 Å². The molecule has 0 fully saturated rings. The average Bonchev–Trinajstić information content (AvgIpc) is 2.44. The Morgan fingerprint density at radius 2 is 1.68 bits per heavy atom. The lowest BCUT2D eigenvalue weighted by molar-refractivity contribution is -0.129. The molecule has 0 aliphatic heterocycles. The quantitative estimate of drug-likeness (QED) is 0.699. The Hall–Kier alpha value is -2.37. The van der Waals surface area contributed by atoms with Gasteiger partial charge < -0.3 is 16.0 Å². The Labute approximate surface area is 130 Å². The van der Waals surface area contributed by atoms with E-state index in [1.807, 2.05) is 32.0 Å². The highest BCUT2D eigenvalue weighted by Crippen LogP contribution is 2.13. The molecule has 0 aliphatic carbocycles. The Morgan fingerprint density at radius 3 is 2.23 bits per heavy atom. The summed E-state index contributed by atoms with van der Waals surface area (Å²) in [4.78, 5) is 35.0. The summed E-state index contributed by atoms with van der Waals surface area (Å²) in [6, 6.07) is 8.29. The number of carbonyl (C=O) groups excluding carboxylic acids is 3. The van der Waals surface area contributed by atoms with E-state index in [0.29, 0.717) is 5.56 Å². The molecule has 0 aliphatic rings. The zero-order valence-electron chi connectivity index (χ0n) is 13.2. The topological polar surface area (TPSA) is 87.3 Å². The Morgan fingerprint density at radius 1 is 1.05 bits per heavy atom. The fourth-order valence-electron chi connectivity index (χ4n) is 1.90. The highest BCUT2D eigenvalue weighted by atomic mass is 16.2. The van der Waals surface area contributed by atoms with Gasteiger partial charge in [0.25, 0.3) is 0 Å². The first kappa shape index (κ1) is 17.7. The molecule has 1 atom stereocenters. The summed E-state index contributed by atoms with van der Waals surface area (Å²) >= 11 is 0. The summed E-state index contributed by atoms with van der Waals surface area (Å²) in [6.45, 7) is 5.35. The van der Waals surface area contributed by atoms with Crippen LogP contribution in [0.1, 0.15) is 38.8 Å². The average molecular weight is 305 g/mol. The SMILES string of the molecule is CC(=O)NCCC(=O)N[C@H](C(=O)NC(C)C)c1ccccc1. The highest BCUT2D eigenvalue weighted by molar-refractivity contribution is 5.89. The van der Waals surface area contributed by atoms with Crippen LogP contribution in [0.25, 0.3) is 0 Å². The van der Waals surface area contributed by atoms with E-state index in [1.54, 1.807) is 12.1 Å². The van der Waals surface area contributed by atoms with Gasteiger partial charge in [0.1, 0.15) is 6.04 Å². The lowest BCUT2D eigenvalue weighted by atomic mass is 10.1. The highest BCUT2D eigenvalue weighted by Gasteiger charge is 2.22. The molecule has 0 bridgehead atoms. The molecule has 1 aromatic carbocycles. The van der Waals surface area contributed by atoms with Crippen LogP contribution in [-0.4, -0.2) is 30.3 Å². The fourth-order valence-corrected chi connectivity index (χ4v) is 1.90. The molecule has 1 rings (SSSR count). The zero-order chi connectivity index (χ0) is 16.5. The van der Waals surface area contributed by atoms with E-state index in [-0.39, 0.29) is 36.7 Å². The predicted octanol–water partition coefficient (Wildman–Crippen LogP) is 0.895. The first-order valence-electron chi connectivity index (χ1n) is 7.29. The van der Waals surface area contributed by atoms with E-state index >= 15 is 0 Å². The van der Waals surface area contributed by atoms with Gasteiger partial charge in [0, 0.05) is 25.9 Å². The second-order valence-electron chi connectivity index (χ2n) is 5.31. The first-order valence-corrected chi connectivity index (χ1v) is 7.29. The van der Waals surface area contributed by atoms with E-state index in [1.165, 1.54) is 6.92 Å². The third-order valence-electron chi connectivity index (χ3n) is 2.86. The number of carbonyl (C=O) groups is 3. The third kappa shape index (κ3) is 6.39. The maximum absolute atomic E-state index is 12.3. The van der Waals surface area contributed by atoms with Gasteiger partial charge in [0.05, 0.1) is 0 Å². The van der Waals surface area contributed by atoms with Gasteiger partial charge in [-0.1, -0.05) is 30.3 Å². The van der Waals surface area contributed by atoms with Crippen LogP contribution in [-0.2, 0) is 14.4 Å². The van der Waals surface area contributed by atoms with Crippen LogP contribution in [0, 0.1) is 0 Å². The standard InChI is InChI=1S/C16H23N3O3/c1-11(2)18-16(22)15(13-7-5-4-6-8-13)19-14(21)9-10-17-12(3)20/h4-8,11,15H,9-10H2,1-3H3,(H,17,20)(H,18,22)(H,19,21)/t15-/m0/s1. The van der Waals surface area contributed by atoms with Gasteiger partial charge in [-0.05, 0) is 19.4 Å². The maximum atomic E-state index is 12.3. The molecule has 1 aromatic rings. The molecular weight excluding hydrogens is 282 g/mol. The summed E-state index contributed by atoms with van der Waals surface area (Å²) < 4.78 is 0. The molecule has 6 nitrogen and oxygen atoms in total. The predicted molar refractivity (Wildman–Crippen MR) is 83.9 cm³/mol. The van der Waals surface area contributed by atoms with Crippen LogP contribution in [0.15, 0.2) is 30.3 Å². The number of rotatable bonds is 7. The van der Waals surface area contributed by atoms with E-state index in [9.17, 15) is 14.4 Å². The van der Waals surface area contributed by atoms with Crippen molar-refractivity contribution in [3.8, 4) is 0 Å². The van der Waals surface area contributed by atoms with Gasteiger partial charge in [0.15, 0.2) is 0 Å². The van der Waals surface area contributed by atoms with Crippen molar-refractivity contribution < 1.29 is 14.4 Å².